The average Bonchev–Trinajstić information content (AvgIpc) is 3.82. The second-order valence-corrected chi connectivity index (χ2v) is 13.0. The van der Waals surface area contributed by atoms with Crippen LogP contribution in [0.5, 0.6) is 0 Å². The van der Waals surface area contributed by atoms with E-state index in [1.807, 2.05) is 4.90 Å². The van der Waals surface area contributed by atoms with E-state index in [1.54, 1.807) is 18.2 Å². The Morgan fingerprint density at radius 2 is 1.74 bits per heavy atom. The molecule has 15 nitrogen and oxygen atoms in total. The van der Waals surface area contributed by atoms with Gasteiger partial charge in [0.05, 0.1) is 51.3 Å². The lowest BCUT2D eigenvalue weighted by atomic mass is 9.92. The van der Waals surface area contributed by atoms with Crippen molar-refractivity contribution in [3.63, 3.8) is 0 Å². The van der Waals surface area contributed by atoms with Crippen molar-refractivity contribution < 1.29 is 37.5 Å². The molecule has 2 aliphatic heterocycles. The maximum absolute atomic E-state index is 13.8. The topological polar surface area (TPSA) is 224 Å². The fourth-order valence-electron chi connectivity index (χ4n) is 6.25. The van der Waals surface area contributed by atoms with Crippen molar-refractivity contribution in [1.29, 1.82) is 0 Å². The van der Waals surface area contributed by atoms with Gasteiger partial charge in [-0.15, -0.1) is 0 Å². The van der Waals surface area contributed by atoms with E-state index in [2.05, 4.69) is 41.1 Å². The molecule has 3 aromatic heterocycles. The van der Waals surface area contributed by atoms with E-state index in [0.717, 1.165) is 45.0 Å². The van der Waals surface area contributed by atoms with Crippen LogP contribution in [0.15, 0.2) is 42.7 Å². The minimum atomic E-state index is -4.81. The molecule has 2 aliphatic rings. The number of nitrogens with one attached hydrogen (secondary N) is 5. The summed E-state index contributed by atoms with van der Waals surface area (Å²) in [6.45, 7) is 3.34. The standard InChI is InChI=1S/C33H36ClF3N10O3.CH2O2/c34-23-13-19(1-3-22(23)30(48)42-14-18-7-11-47(12-8-18)32(50)20-5-9-39-10-6-20)15-43-31(49)29-41-17-25(44-29)26-27(24-4-2-21(38)16-40-24)45-46-28(26)33(35,36)37;2-1-3/h1-4,13,16-18,20,39H,5-12,14-15,38H2,(H,41,44)(H,42,48)(H,43,49)(H,45,46);1H,(H,2,3). The van der Waals surface area contributed by atoms with Crippen LogP contribution in [0.3, 0.4) is 0 Å². The van der Waals surface area contributed by atoms with Gasteiger partial charge in [0, 0.05) is 32.1 Å². The lowest BCUT2D eigenvalue weighted by Crippen LogP contribution is -2.46. The summed E-state index contributed by atoms with van der Waals surface area (Å²) in [6, 6.07) is 7.70. The number of rotatable bonds is 9. The van der Waals surface area contributed by atoms with Gasteiger partial charge in [0.1, 0.15) is 0 Å². The highest BCUT2D eigenvalue weighted by atomic mass is 35.5. The molecule has 0 saturated carbocycles. The number of nitrogen functional groups attached to an aromatic ring is 1. The van der Waals surface area contributed by atoms with Crippen LogP contribution in [0.25, 0.3) is 22.6 Å². The molecule has 0 unspecified atom stereocenters. The van der Waals surface area contributed by atoms with Crippen LogP contribution in [0.4, 0.5) is 18.9 Å². The molecule has 4 aromatic rings. The van der Waals surface area contributed by atoms with Gasteiger partial charge in [-0.1, -0.05) is 17.7 Å². The summed E-state index contributed by atoms with van der Waals surface area (Å²) >= 11 is 6.44. The van der Waals surface area contributed by atoms with Crippen LogP contribution < -0.4 is 21.7 Å². The fourth-order valence-corrected chi connectivity index (χ4v) is 6.54. The molecule has 2 saturated heterocycles. The summed E-state index contributed by atoms with van der Waals surface area (Å²) in [4.78, 5) is 59.7. The maximum atomic E-state index is 13.8. The number of benzene rings is 1. The Labute approximate surface area is 306 Å². The third kappa shape index (κ3) is 9.69. The van der Waals surface area contributed by atoms with Gasteiger partial charge in [0.25, 0.3) is 18.3 Å². The van der Waals surface area contributed by atoms with E-state index >= 15 is 0 Å². The Hall–Kier alpha value is -5.49. The van der Waals surface area contributed by atoms with Crippen LogP contribution in [0.2, 0.25) is 5.02 Å². The van der Waals surface area contributed by atoms with Crippen LogP contribution in [0, 0.1) is 11.8 Å². The predicted molar refractivity (Wildman–Crippen MR) is 187 cm³/mol. The van der Waals surface area contributed by atoms with Gasteiger partial charge in [-0.05, 0) is 74.5 Å². The molecule has 5 heterocycles. The number of pyridine rings is 1. The van der Waals surface area contributed by atoms with Crippen molar-refractivity contribution in [2.75, 3.05) is 38.5 Å². The number of aromatic nitrogens is 5. The van der Waals surface area contributed by atoms with Crippen LogP contribution in [-0.2, 0) is 22.3 Å². The summed E-state index contributed by atoms with van der Waals surface area (Å²) in [6.07, 6.45) is 0.978. The molecular weight excluding hydrogens is 721 g/mol. The summed E-state index contributed by atoms with van der Waals surface area (Å²) in [7, 11) is 0. The van der Waals surface area contributed by atoms with Gasteiger partial charge in [-0.2, -0.15) is 18.3 Å². The van der Waals surface area contributed by atoms with Crippen molar-refractivity contribution in [2.24, 2.45) is 11.8 Å². The number of alkyl halides is 3. The molecule has 19 heteroatoms. The number of aromatic amines is 2. The molecule has 2 fully saturated rings. The van der Waals surface area contributed by atoms with E-state index in [4.69, 9.17) is 27.2 Å². The largest absolute Gasteiger partial charge is 0.483 e. The Balaban J connectivity index is 0.00000175. The lowest BCUT2D eigenvalue weighted by molar-refractivity contribution is -0.140. The van der Waals surface area contributed by atoms with E-state index in [0.29, 0.717) is 30.9 Å². The maximum Gasteiger partial charge on any atom is 0.435 e. The van der Waals surface area contributed by atoms with Gasteiger partial charge in [0.15, 0.2) is 11.5 Å². The smallest absolute Gasteiger partial charge is 0.435 e. The van der Waals surface area contributed by atoms with E-state index in [1.165, 1.54) is 18.3 Å². The number of likely N-dealkylation sites (tertiary alicyclic amines) is 1. The molecule has 6 rings (SSSR count). The Bertz CT molecular complexity index is 1900. The number of carbonyl (C=O) groups excluding carboxylic acids is 3. The summed E-state index contributed by atoms with van der Waals surface area (Å²) in [5.74, 6) is -0.647. The third-order valence-electron chi connectivity index (χ3n) is 9.03. The van der Waals surface area contributed by atoms with Crippen molar-refractivity contribution in [2.45, 2.75) is 38.4 Å². The summed E-state index contributed by atoms with van der Waals surface area (Å²) in [5, 5.41) is 21.8. The first kappa shape index (κ1) is 38.7. The van der Waals surface area contributed by atoms with E-state index in [9.17, 15) is 27.6 Å². The van der Waals surface area contributed by atoms with E-state index < -0.39 is 17.8 Å². The predicted octanol–water partition coefficient (Wildman–Crippen LogP) is 3.72. The molecule has 1 aromatic carbocycles. The zero-order valence-electron chi connectivity index (χ0n) is 28.3. The third-order valence-corrected chi connectivity index (χ3v) is 9.35. The van der Waals surface area contributed by atoms with Gasteiger partial charge in [0.2, 0.25) is 5.91 Å². The van der Waals surface area contributed by atoms with Crippen molar-refractivity contribution >= 4 is 41.5 Å². The first-order valence-corrected chi connectivity index (χ1v) is 17.1. The number of nitrogens with zero attached hydrogens (tertiary/aromatic N) is 4. The number of imidazole rings is 1. The SMILES string of the molecule is Nc1ccc(-c2[nH]nc(C(F)(F)F)c2-c2cnc(C(=O)NCc3ccc(C(=O)NCC4CCN(C(=O)C5CCNCC5)CC4)c(Cl)c3)[nH]2)nc1.O=CO. The van der Waals surface area contributed by atoms with Crippen molar-refractivity contribution in [1.82, 2.24) is 46.0 Å². The monoisotopic (exact) mass is 758 g/mol. The highest BCUT2D eigenvalue weighted by Crippen LogP contribution is 2.40. The van der Waals surface area contributed by atoms with Crippen molar-refractivity contribution in [3.8, 4) is 22.6 Å². The Morgan fingerprint density at radius 3 is 2.38 bits per heavy atom. The molecule has 0 bridgehead atoms. The molecule has 282 valence electrons. The molecule has 8 N–H and O–H groups in total. The molecule has 3 amide bonds. The van der Waals surface area contributed by atoms with Crippen LogP contribution in [0.1, 0.15) is 57.9 Å². The zero-order chi connectivity index (χ0) is 38.1. The van der Waals surface area contributed by atoms with Gasteiger partial charge in [-0.3, -0.25) is 29.3 Å². The zero-order valence-corrected chi connectivity index (χ0v) is 29.1. The van der Waals surface area contributed by atoms with Gasteiger partial charge < -0.3 is 36.7 Å². The minimum Gasteiger partial charge on any atom is -0.483 e. The van der Waals surface area contributed by atoms with Crippen molar-refractivity contribution in [3.05, 3.63) is 70.4 Å². The number of piperidine rings is 2. The Kier molecular flexibility index (Phi) is 12.7. The first-order chi connectivity index (χ1) is 25.4. The molecule has 53 heavy (non-hydrogen) atoms. The van der Waals surface area contributed by atoms with E-state index in [-0.39, 0.29) is 75.7 Å². The quantitative estimate of drug-likeness (QED) is 0.123. The normalized spacial score (nSPS) is 15.3. The molecule has 0 aliphatic carbocycles. The minimum absolute atomic E-state index is 0.00523. The number of hydrogen-bond acceptors (Lipinski definition) is 9. The molecule has 0 atom stereocenters. The number of hydrogen-bond donors (Lipinski definition) is 7. The van der Waals surface area contributed by atoms with Crippen LogP contribution >= 0.6 is 11.6 Å². The summed E-state index contributed by atoms with van der Waals surface area (Å²) < 4.78 is 41.5. The number of nitrogens with two attached hydrogens (primary N) is 1. The highest BCUT2D eigenvalue weighted by molar-refractivity contribution is 6.33. The number of halogens is 4. The average molecular weight is 759 g/mol. The number of carbonyl (C=O) groups is 4. The fraction of sp³-hybridized carbons (Fsp3) is 0.382. The first-order valence-electron chi connectivity index (χ1n) is 16.7. The second kappa shape index (κ2) is 17.4. The van der Waals surface area contributed by atoms with Gasteiger partial charge >= 0.3 is 6.18 Å². The lowest BCUT2D eigenvalue weighted by Gasteiger charge is -2.35. The highest BCUT2D eigenvalue weighted by Gasteiger charge is 2.39. The number of carboxylic acid groups (broad SMARTS) is 1. The second-order valence-electron chi connectivity index (χ2n) is 12.5. The number of H-pyrrole nitrogens is 2. The number of amides is 3. The van der Waals surface area contributed by atoms with Gasteiger partial charge in [-0.25, -0.2) is 4.98 Å². The molecule has 0 radical (unpaired) electrons. The van der Waals surface area contributed by atoms with Crippen LogP contribution in [-0.4, -0.2) is 92.1 Å². The summed E-state index contributed by atoms with van der Waals surface area (Å²) in [5.41, 5.74) is 5.34. The Morgan fingerprint density at radius 1 is 1.02 bits per heavy atom. The molecular formula is C34H38ClF3N10O5. The number of anilines is 1. The molecule has 0 spiro atoms.